The van der Waals surface area contributed by atoms with Crippen molar-refractivity contribution in [1.82, 2.24) is 0 Å². The molecule has 0 aromatic carbocycles. The fraction of sp³-hybridized carbons (Fsp3) is 0.846. The van der Waals surface area contributed by atoms with E-state index >= 15 is 0 Å². The highest BCUT2D eigenvalue weighted by Gasteiger charge is 2.44. The zero-order valence-corrected chi connectivity index (χ0v) is 11.0. The van der Waals surface area contributed by atoms with Crippen LogP contribution in [-0.2, 0) is 14.3 Å². The molecule has 0 aromatic heterocycles. The summed E-state index contributed by atoms with van der Waals surface area (Å²) in [5.41, 5.74) is 0. The van der Waals surface area contributed by atoms with E-state index in [9.17, 15) is 4.79 Å². The smallest absolute Gasteiger partial charge is 0.302 e. The lowest BCUT2D eigenvalue weighted by atomic mass is 9.70. The lowest BCUT2D eigenvalue weighted by Gasteiger charge is -2.39. The van der Waals surface area contributed by atoms with Gasteiger partial charge in [-0.05, 0) is 24.2 Å². The Kier molecular flexibility index (Phi) is 3.40. The van der Waals surface area contributed by atoms with E-state index in [1.54, 1.807) is 0 Å². The summed E-state index contributed by atoms with van der Waals surface area (Å²) in [5.74, 6) is 1.97. The Balaban J connectivity index is 2.01. The Morgan fingerprint density at radius 2 is 2.18 bits per heavy atom. The van der Waals surface area contributed by atoms with Crippen LogP contribution in [0.1, 0.15) is 34.1 Å². The van der Waals surface area contributed by atoms with Crippen LogP contribution in [0.3, 0.4) is 0 Å². The molecule has 2 aliphatic rings. The van der Waals surface area contributed by atoms with Gasteiger partial charge in [0.15, 0.2) is 5.90 Å². The van der Waals surface area contributed by atoms with E-state index in [-0.39, 0.29) is 12.1 Å². The van der Waals surface area contributed by atoms with Gasteiger partial charge in [-0.25, -0.2) is 4.99 Å². The molecule has 4 heteroatoms. The highest BCUT2D eigenvalue weighted by Crippen LogP contribution is 2.40. The Hall–Kier alpha value is -1.06. The minimum Gasteiger partial charge on any atom is -0.476 e. The highest BCUT2D eigenvalue weighted by atomic mass is 16.5. The fourth-order valence-electron chi connectivity index (χ4n) is 2.95. The topological polar surface area (TPSA) is 47.9 Å². The number of fused-ring (bicyclic) bond motifs is 1. The standard InChI is InChI=1S/C13H21NO3/c1-7-8(2)13-12(17-9(3)14-13)5-11(7)6-16-10(4)15/h7-8,11-13H,5-6H2,1-4H3/t7-,8+,11?,12-,13?/m1/s1. The van der Waals surface area contributed by atoms with Crippen molar-refractivity contribution in [2.24, 2.45) is 22.7 Å². The third-order valence-corrected chi connectivity index (χ3v) is 4.18. The number of carbonyl (C=O) groups excluding carboxylic acids is 1. The molecule has 0 N–H and O–H groups in total. The summed E-state index contributed by atoms with van der Waals surface area (Å²) in [7, 11) is 0. The first kappa shape index (κ1) is 12.4. The van der Waals surface area contributed by atoms with Crippen molar-refractivity contribution >= 4 is 11.9 Å². The van der Waals surface area contributed by atoms with Gasteiger partial charge in [-0.3, -0.25) is 4.79 Å². The van der Waals surface area contributed by atoms with E-state index in [1.807, 2.05) is 6.92 Å². The van der Waals surface area contributed by atoms with Crippen LogP contribution in [-0.4, -0.2) is 30.6 Å². The molecule has 96 valence electrons. The molecule has 4 nitrogen and oxygen atoms in total. The number of hydrogen-bond donors (Lipinski definition) is 0. The summed E-state index contributed by atoms with van der Waals surface area (Å²) >= 11 is 0. The van der Waals surface area contributed by atoms with Crippen molar-refractivity contribution in [1.29, 1.82) is 0 Å². The van der Waals surface area contributed by atoms with Crippen molar-refractivity contribution < 1.29 is 14.3 Å². The van der Waals surface area contributed by atoms with E-state index in [2.05, 4.69) is 18.8 Å². The molecule has 1 fully saturated rings. The van der Waals surface area contributed by atoms with Crippen molar-refractivity contribution in [2.45, 2.75) is 46.3 Å². The summed E-state index contributed by atoms with van der Waals surface area (Å²) in [4.78, 5) is 15.4. The first-order chi connectivity index (χ1) is 7.99. The Bertz CT molecular complexity index is 340. The molecule has 1 aliphatic carbocycles. The van der Waals surface area contributed by atoms with Gasteiger partial charge in [0.25, 0.3) is 0 Å². The number of hydrogen-bond acceptors (Lipinski definition) is 4. The van der Waals surface area contributed by atoms with E-state index in [0.717, 1.165) is 12.3 Å². The second kappa shape index (κ2) is 4.67. The van der Waals surface area contributed by atoms with Crippen LogP contribution in [0, 0.1) is 17.8 Å². The van der Waals surface area contributed by atoms with Crippen molar-refractivity contribution in [3.8, 4) is 0 Å². The molecule has 1 aliphatic heterocycles. The molecular formula is C13H21NO3. The van der Waals surface area contributed by atoms with Crippen LogP contribution >= 0.6 is 0 Å². The van der Waals surface area contributed by atoms with Crippen LogP contribution in [0.25, 0.3) is 0 Å². The van der Waals surface area contributed by atoms with Gasteiger partial charge in [-0.1, -0.05) is 13.8 Å². The van der Waals surface area contributed by atoms with Gasteiger partial charge < -0.3 is 9.47 Å². The highest BCUT2D eigenvalue weighted by molar-refractivity contribution is 5.75. The number of nitrogens with zero attached hydrogens (tertiary/aromatic N) is 1. The molecule has 0 bridgehead atoms. The summed E-state index contributed by atoms with van der Waals surface area (Å²) in [6, 6.07) is 0.290. The molecular weight excluding hydrogens is 218 g/mol. The molecule has 5 atom stereocenters. The quantitative estimate of drug-likeness (QED) is 0.693. The predicted octanol–water partition coefficient (Wildman–Crippen LogP) is 2.03. The maximum absolute atomic E-state index is 10.9. The first-order valence-electron chi connectivity index (χ1n) is 6.33. The number of esters is 1. The lowest BCUT2D eigenvalue weighted by Crippen LogP contribution is -2.44. The average molecular weight is 239 g/mol. The second-order valence-corrected chi connectivity index (χ2v) is 5.31. The SMILES string of the molecule is CC(=O)OCC1C[C@H]2OC(C)=NC2[C@@H](C)[C@H]1C. The van der Waals surface area contributed by atoms with Crippen LogP contribution < -0.4 is 0 Å². The lowest BCUT2D eigenvalue weighted by molar-refractivity contribution is -0.144. The number of carbonyl (C=O) groups is 1. The molecule has 2 unspecified atom stereocenters. The second-order valence-electron chi connectivity index (χ2n) is 5.31. The minimum atomic E-state index is -0.202. The number of aliphatic imine (C=N–C) groups is 1. The van der Waals surface area contributed by atoms with Gasteiger partial charge in [0.1, 0.15) is 6.10 Å². The van der Waals surface area contributed by atoms with Gasteiger partial charge in [-0.15, -0.1) is 0 Å². The van der Waals surface area contributed by atoms with Crippen molar-refractivity contribution in [3.05, 3.63) is 0 Å². The molecule has 0 radical (unpaired) electrons. The molecule has 0 spiro atoms. The summed E-state index contributed by atoms with van der Waals surface area (Å²) in [6.07, 6.45) is 1.12. The largest absolute Gasteiger partial charge is 0.476 e. The van der Waals surface area contributed by atoms with Crippen LogP contribution in [0.4, 0.5) is 0 Å². The predicted molar refractivity (Wildman–Crippen MR) is 64.8 cm³/mol. The molecule has 1 heterocycles. The normalized spacial score (nSPS) is 40.2. The van der Waals surface area contributed by atoms with E-state index in [0.29, 0.717) is 30.4 Å². The third-order valence-electron chi connectivity index (χ3n) is 4.18. The Morgan fingerprint density at radius 3 is 2.82 bits per heavy atom. The van der Waals surface area contributed by atoms with E-state index in [4.69, 9.17) is 9.47 Å². The molecule has 1 saturated carbocycles. The maximum atomic E-state index is 10.9. The summed E-state index contributed by atoms with van der Waals surface area (Å²) in [5, 5.41) is 0. The van der Waals surface area contributed by atoms with Gasteiger partial charge in [-0.2, -0.15) is 0 Å². The van der Waals surface area contributed by atoms with Crippen LogP contribution in [0.2, 0.25) is 0 Å². The Morgan fingerprint density at radius 1 is 1.47 bits per heavy atom. The molecule has 2 rings (SSSR count). The number of ether oxygens (including phenoxy) is 2. The zero-order valence-electron chi connectivity index (χ0n) is 11.0. The zero-order chi connectivity index (χ0) is 12.6. The van der Waals surface area contributed by atoms with Gasteiger partial charge in [0.2, 0.25) is 0 Å². The summed E-state index contributed by atoms with van der Waals surface area (Å²) < 4.78 is 10.9. The van der Waals surface area contributed by atoms with Gasteiger partial charge >= 0.3 is 5.97 Å². The van der Waals surface area contributed by atoms with Crippen molar-refractivity contribution in [3.63, 3.8) is 0 Å². The maximum Gasteiger partial charge on any atom is 0.302 e. The van der Waals surface area contributed by atoms with Gasteiger partial charge in [0.05, 0.1) is 12.6 Å². The number of rotatable bonds is 2. The van der Waals surface area contributed by atoms with E-state index < -0.39 is 0 Å². The van der Waals surface area contributed by atoms with Crippen LogP contribution in [0.5, 0.6) is 0 Å². The fourth-order valence-corrected chi connectivity index (χ4v) is 2.95. The monoisotopic (exact) mass is 239 g/mol. The first-order valence-corrected chi connectivity index (χ1v) is 6.33. The van der Waals surface area contributed by atoms with Crippen LogP contribution in [0.15, 0.2) is 4.99 Å². The van der Waals surface area contributed by atoms with Crippen molar-refractivity contribution in [2.75, 3.05) is 6.61 Å². The molecule has 0 amide bonds. The average Bonchev–Trinajstić information content (AvgIpc) is 2.62. The Labute approximate surface area is 102 Å². The molecule has 17 heavy (non-hydrogen) atoms. The third kappa shape index (κ3) is 2.45. The van der Waals surface area contributed by atoms with Gasteiger partial charge in [0, 0.05) is 13.8 Å². The molecule has 0 saturated heterocycles. The van der Waals surface area contributed by atoms with E-state index in [1.165, 1.54) is 6.92 Å². The summed E-state index contributed by atoms with van der Waals surface area (Å²) in [6.45, 7) is 8.31. The molecule has 0 aromatic rings. The minimum absolute atomic E-state index is 0.182.